The lowest BCUT2D eigenvalue weighted by atomic mass is 10.1. The maximum absolute atomic E-state index is 9.94. The van der Waals surface area contributed by atoms with Gasteiger partial charge >= 0.3 is 0 Å². The van der Waals surface area contributed by atoms with E-state index in [-0.39, 0.29) is 6.54 Å². The first-order valence-corrected chi connectivity index (χ1v) is 7.81. The first-order valence-electron chi connectivity index (χ1n) is 7.81. The van der Waals surface area contributed by atoms with Crippen LogP contribution in [0.3, 0.4) is 0 Å². The lowest BCUT2D eigenvalue weighted by molar-refractivity contribution is 0.163. The van der Waals surface area contributed by atoms with Gasteiger partial charge in [-0.2, -0.15) is 4.91 Å². The van der Waals surface area contributed by atoms with E-state index in [1.165, 1.54) is 38.5 Å². The van der Waals surface area contributed by atoms with Gasteiger partial charge in [0.1, 0.15) is 6.54 Å². The summed E-state index contributed by atoms with van der Waals surface area (Å²) in [5.74, 6) is 0. The molecule has 0 aromatic rings. The summed E-state index contributed by atoms with van der Waals surface area (Å²) in [6, 6.07) is 0. The van der Waals surface area contributed by atoms with Crippen LogP contribution in [0.2, 0.25) is 0 Å². The van der Waals surface area contributed by atoms with E-state index < -0.39 is 6.10 Å². The Morgan fingerprint density at radius 1 is 1.00 bits per heavy atom. The van der Waals surface area contributed by atoms with Gasteiger partial charge in [-0.05, 0) is 39.4 Å². The molecular weight excluding hydrogens is 256 g/mol. The van der Waals surface area contributed by atoms with Crippen LogP contribution in [0.25, 0.3) is 0 Å². The smallest absolute Gasteiger partial charge is 0.107 e. The Morgan fingerprint density at radius 2 is 1.55 bits per heavy atom. The van der Waals surface area contributed by atoms with Crippen LogP contribution in [0.1, 0.15) is 58.3 Å². The number of aliphatic hydroxyl groups is 2. The van der Waals surface area contributed by atoms with E-state index in [1.807, 2.05) is 0 Å². The Labute approximate surface area is 124 Å². The largest absolute Gasteiger partial charge is 0.400 e. The van der Waals surface area contributed by atoms with E-state index in [9.17, 15) is 10.0 Å². The first kappa shape index (κ1) is 21.8. The van der Waals surface area contributed by atoms with Crippen molar-refractivity contribution in [2.24, 2.45) is 5.18 Å². The van der Waals surface area contributed by atoms with E-state index >= 15 is 0 Å². The minimum atomic E-state index is -0.551. The van der Waals surface area contributed by atoms with E-state index in [1.54, 1.807) is 0 Å². The van der Waals surface area contributed by atoms with Gasteiger partial charge in [-0.3, -0.25) is 0 Å². The number of nitrogens with zero attached hydrogens (tertiary/aromatic N) is 2. The van der Waals surface area contributed by atoms with Gasteiger partial charge in [-0.1, -0.05) is 44.2 Å². The average Bonchev–Trinajstić information content (AvgIpc) is 2.45. The lowest BCUT2D eigenvalue weighted by Crippen LogP contribution is -2.22. The summed E-state index contributed by atoms with van der Waals surface area (Å²) in [4.78, 5) is 12.2. The molecule has 0 aliphatic heterocycles. The molecule has 0 aliphatic carbocycles. The third-order valence-corrected chi connectivity index (χ3v) is 3.26. The van der Waals surface area contributed by atoms with Crippen molar-refractivity contribution in [3.8, 4) is 0 Å². The fourth-order valence-corrected chi connectivity index (χ4v) is 2.05. The lowest BCUT2D eigenvalue weighted by Gasteiger charge is -2.17. The Bertz CT molecular complexity index is 192. The van der Waals surface area contributed by atoms with Gasteiger partial charge in [0, 0.05) is 7.11 Å². The van der Waals surface area contributed by atoms with Gasteiger partial charge in [-0.25, -0.2) is 0 Å². The molecule has 122 valence electrons. The van der Waals surface area contributed by atoms with Crippen molar-refractivity contribution >= 4 is 0 Å². The second kappa shape index (κ2) is 18.5. The van der Waals surface area contributed by atoms with Crippen molar-refractivity contribution in [1.82, 2.24) is 4.90 Å². The topological polar surface area (TPSA) is 73.1 Å². The van der Waals surface area contributed by atoms with E-state index in [0.717, 1.165) is 26.6 Å². The number of hydrogen-bond acceptors (Lipinski definition) is 5. The quantitative estimate of drug-likeness (QED) is 0.404. The first-order chi connectivity index (χ1) is 9.70. The summed E-state index contributed by atoms with van der Waals surface area (Å²) in [5, 5.41) is 19.1. The van der Waals surface area contributed by atoms with E-state index in [2.05, 4.69) is 24.0 Å². The molecule has 0 aromatic heterocycles. The standard InChI is InChI=1S/C14H30N2O2.CH4O/c1-3-4-5-6-7-8-11-16(2)12-9-10-14(17)13-15-18;1-2/h14,17H,3-13H2,1-2H3;2H,1H3/t14-;/m1./s1. The van der Waals surface area contributed by atoms with Crippen LogP contribution in [0, 0.1) is 4.91 Å². The summed E-state index contributed by atoms with van der Waals surface area (Å²) in [7, 11) is 3.12. The third kappa shape index (κ3) is 17.5. The Kier molecular flexibility index (Phi) is 20.1. The Balaban J connectivity index is 0. The Morgan fingerprint density at radius 3 is 2.15 bits per heavy atom. The van der Waals surface area contributed by atoms with Crippen LogP contribution in [0.4, 0.5) is 0 Å². The molecular formula is C15H34N2O3. The van der Waals surface area contributed by atoms with Gasteiger partial charge in [0.2, 0.25) is 0 Å². The molecule has 0 aromatic carbocycles. The molecule has 5 heteroatoms. The molecule has 20 heavy (non-hydrogen) atoms. The van der Waals surface area contributed by atoms with Crippen molar-refractivity contribution in [3.05, 3.63) is 4.91 Å². The molecule has 0 fully saturated rings. The summed E-state index contributed by atoms with van der Waals surface area (Å²) in [6.45, 7) is 4.39. The van der Waals surface area contributed by atoms with Crippen LogP contribution in [-0.4, -0.2) is 55.0 Å². The fraction of sp³-hybridized carbons (Fsp3) is 1.00. The Hall–Kier alpha value is -0.520. The molecule has 0 radical (unpaired) electrons. The molecule has 0 heterocycles. The molecule has 0 amide bonds. The molecule has 2 N–H and O–H groups in total. The van der Waals surface area contributed by atoms with Crippen molar-refractivity contribution in [3.63, 3.8) is 0 Å². The van der Waals surface area contributed by atoms with Crippen molar-refractivity contribution in [1.29, 1.82) is 0 Å². The average molecular weight is 290 g/mol. The predicted octanol–water partition coefficient (Wildman–Crippen LogP) is 2.79. The molecule has 0 bridgehead atoms. The van der Waals surface area contributed by atoms with E-state index in [4.69, 9.17) is 5.11 Å². The number of nitroso groups, excluding NO2 is 1. The van der Waals surface area contributed by atoms with E-state index in [0.29, 0.717) is 6.42 Å². The van der Waals surface area contributed by atoms with Crippen LogP contribution in [-0.2, 0) is 0 Å². The molecule has 1 atom stereocenters. The second-order valence-electron chi connectivity index (χ2n) is 5.18. The number of hydrogen-bond donors (Lipinski definition) is 2. The predicted molar refractivity (Wildman–Crippen MR) is 84.9 cm³/mol. The summed E-state index contributed by atoms with van der Waals surface area (Å²) >= 11 is 0. The van der Waals surface area contributed by atoms with Gasteiger partial charge in [0.25, 0.3) is 0 Å². The zero-order valence-electron chi connectivity index (χ0n) is 13.6. The molecule has 0 spiro atoms. The maximum Gasteiger partial charge on any atom is 0.107 e. The molecule has 5 nitrogen and oxygen atoms in total. The highest BCUT2D eigenvalue weighted by atomic mass is 16.3. The van der Waals surface area contributed by atoms with Gasteiger partial charge in [-0.15, -0.1) is 0 Å². The fourth-order valence-electron chi connectivity index (χ4n) is 2.05. The highest BCUT2D eigenvalue weighted by molar-refractivity contribution is 4.60. The summed E-state index contributed by atoms with van der Waals surface area (Å²) in [6.07, 6.45) is 9.02. The molecule has 0 saturated heterocycles. The summed E-state index contributed by atoms with van der Waals surface area (Å²) < 4.78 is 0. The van der Waals surface area contributed by atoms with Crippen LogP contribution in [0.15, 0.2) is 5.18 Å². The minimum absolute atomic E-state index is 0.0289. The summed E-state index contributed by atoms with van der Waals surface area (Å²) in [5.41, 5.74) is 0. The van der Waals surface area contributed by atoms with Crippen molar-refractivity contribution < 1.29 is 10.2 Å². The normalized spacial score (nSPS) is 11.9. The molecule has 0 unspecified atom stereocenters. The molecule has 0 saturated carbocycles. The molecule has 0 rings (SSSR count). The van der Waals surface area contributed by atoms with Crippen molar-refractivity contribution in [2.45, 2.75) is 64.4 Å². The van der Waals surface area contributed by atoms with Crippen LogP contribution >= 0.6 is 0 Å². The zero-order valence-corrected chi connectivity index (χ0v) is 13.6. The van der Waals surface area contributed by atoms with Crippen LogP contribution in [0.5, 0.6) is 0 Å². The number of aliphatic hydroxyl groups excluding tert-OH is 2. The molecule has 0 aliphatic rings. The second-order valence-corrected chi connectivity index (χ2v) is 5.18. The zero-order chi connectivity index (χ0) is 15.6. The minimum Gasteiger partial charge on any atom is -0.400 e. The monoisotopic (exact) mass is 290 g/mol. The van der Waals surface area contributed by atoms with Gasteiger partial charge in [0.15, 0.2) is 0 Å². The highest BCUT2D eigenvalue weighted by Gasteiger charge is 2.04. The van der Waals surface area contributed by atoms with Gasteiger partial charge in [0.05, 0.1) is 6.10 Å². The number of unbranched alkanes of at least 4 members (excludes halogenated alkanes) is 5. The number of rotatable bonds is 13. The van der Waals surface area contributed by atoms with Gasteiger partial charge < -0.3 is 15.1 Å². The highest BCUT2D eigenvalue weighted by Crippen LogP contribution is 2.06. The van der Waals surface area contributed by atoms with Crippen molar-refractivity contribution in [2.75, 3.05) is 33.8 Å². The SMILES string of the molecule is CCCCCCCCN(C)CCC[C@@H](O)CN=O.CO. The van der Waals surface area contributed by atoms with Crippen LogP contribution < -0.4 is 0 Å². The maximum atomic E-state index is 9.94. The third-order valence-electron chi connectivity index (χ3n) is 3.26.